The molecule has 0 aliphatic heterocycles. The molecule has 1 amide bonds. The first-order valence-electron chi connectivity index (χ1n) is 7.95. The number of hydrogen-bond donors (Lipinski definition) is 0. The van der Waals surface area contributed by atoms with Crippen molar-refractivity contribution in [2.24, 2.45) is 0 Å². The number of nitrogens with zero attached hydrogens (tertiary/aromatic N) is 1. The van der Waals surface area contributed by atoms with E-state index in [1.54, 1.807) is 24.3 Å². The van der Waals surface area contributed by atoms with Crippen LogP contribution in [0, 0.1) is 0 Å². The highest BCUT2D eigenvalue weighted by atomic mass is 35.5. The number of ether oxygens (including phenoxy) is 1. The number of hydrogen-bond acceptors (Lipinski definition) is 2. The summed E-state index contributed by atoms with van der Waals surface area (Å²) < 4.78 is 19.0. The Bertz CT molecular complexity index is 692. The molecule has 0 spiro atoms. The average Bonchev–Trinajstić information content (AvgIpc) is 3.31. The Balaban J connectivity index is 1.69. The molecule has 0 bridgehead atoms. The molecule has 1 fully saturated rings. The predicted molar refractivity (Wildman–Crippen MR) is 91.6 cm³/mol. The van der Waals surface area contributed by atoms with Crippen LogP contribution in [-0.2, 0) is 11.3 Å². The van der Waals surface area contributed by atoms with E-state index in [1.807, 2.05) is 37.3 Å². The number of carbonyl (C=O) groups excluding carboxylic acids is 1. The summed E-state index contributed by atoms with van der Waals surface area (Å²) in [6.45, 7) is 2.03. The molecule has 0 aromatic heterocycles. The van der Waals surface area contributed by atoms with Gasteiger partial charge in [-0.3, -0.25) is 4.90 Å². The van der Waals surface area contributed by atoms with Gasteiger partial charge in [0.05, 0.1) is 12.1 Å². The molecule has 0 saturated heterocycles. The quantitative estimate of drug-likeness (QED) is 0.748. The lowest BCUT2D eigenvalue weighted by Gasteiger charge is -2.28. The average molecular weight is 348 g/mol. The molecule has 1 aliphatic rings. The summed E-state index contributed by atoms with van der Waals surface area (Å²) in [6, 6.07) is 16.0. The Morgan fingerprint density at radius 2 is 1.88 bits per heavy atom. The maximum absolute atomic E-state index is 13.6. The van der Waals surface area contributed by atoms with Gasteiger partial charge in [0.1, 0.15) is 12.8 Å². The first-order chi connectivity index (χ1) is 11.6. The van der Waals surface area contributed by atoms with Crippen LogP contribution in [-0.4, -0.2) is 23.2 Å². The Morgan fingerprint density at radius 1 is 1.25 bits per heavy atom. The Labute approximate surface area is 146 Å². The Morgan fingerprint density at radius 3 is 2.46 bits per heavy atom. The third-order valence-electron chi connectivity index (χ3n) is 4.22. The fourth-order valence-corrected chi connectivity index (χ4v) is 2.84. The van der Waals surface area contributed by atoms with E-state index in [4.69, 9.17) is 16.3 Å². The maximum atomic E-state index is 13.6. The molecular weight excluding hydrogens is 329 g/mol. The van der Waals surface area contributed by atoms with Crippen LogP contribution in [0.2, 0.25) is 5.02 Å². The standard InChI is InChI=1S/C19H19ClFNO2/c1-13(15-5-3-2-4-6-15)22(18-11-17(18)21)19(23)24-12-14-7-9-16(20)10-8-14/h2-10,13,17-18H,11-12H2,1H3/t13-,17?,18?/m0/s1. The highest BCUT2D eigenvalue weighted by Gasteiger charge is 2.47. The highest BCUT2D eigenvalue weighted by molar-refractivity contribution is 6.30. The van der Waals surface area contributed by atoms with E-state index in [1.165, 1.54) is 4.90 Å². The molecule has 3 atom stereocenters. The van der Waals surface area contributed by atoms with Crippen LogP contribution in [0.3, 0.4) is 0 Å². The van der Waals surface area contributed by atoms with E-state index in [0.717, 1.165) is 11.1 Å². The zero-order valence-corrected chi connectivity index (χ0v) is 14.1. The summed E-state index contributed by atoms with van der Waals surface area (Å²) in [5.74, 6) is 0. The van der Waals surface area contributed by atoms with Crippen LogP contribution < -0.4 is 0 Å². The second-order valence-electron chi connectivity index (χ2n) is 5.99. The van der Waals surface area contributed by atoms with Gasteiger partial charge < -0.3 is 4.74 Å². The van der Waals surface area contributed by atoms with E-state index in [2.05, 4.69) is 0 Å². The minimum absolute atomic E-state index is 0.137. The minimum atomic E-state index is -0.973. The lowest BCUT2D eigenvalue weighted by Crippen LogP contribution is -2.37. The molecular formula is C19H19ClFNO2. The van der Waals surface area contributed by atoms with E-state index < -0.39 is 18.3 Å². The van der Waals surface area contributed by atoms with Gasteiger partial charge in [0.2, 0.25) is 0 Å². The summed E-state index contributed by atoms with van der Waals surface area (Å²) in [7, 11) is 0. The number of halogens is 2. The van der Waals surface area contributed by atoms with E-state index in [9.17, 15) is 9.18 Å². The van der Waals surface area contributed by atoms with Crippen LogP contribution >= 0.6 is 11.6 Å². The lowest BCUT2D eigenvalue weighted by atomic mass is 10.1. The molecule has 1 saturated carbocycles. The van der Waals surface area contributed by atoms with Crippen LogP contribution in [0.25, 0.3) is 0 Å². The topological polar surface area (TPSA) is 29.5 Å². The van der Waals surface area contributed by atoms with Gasteiger partial charge in [-0.05, 0) is 30.2 Å². The monoisotopic (exact) mass is 347 g/mol. The minimum Gasteiger partial charge on any atom is -0.445 e. The molecule has 2 aromatic rings. The fourth-order valence-electron chi connectivity index (χ4n) is 2.71. The molecule has 0 radical (unpaired) electrons. The first-order valence-corrected chi connectivity index (χ1v) is 8.32. The summed E-state index contributed by atoms with van der Waals surface area (Å²) in [4.78, 5) is 14.0. The molecule has 1 aliphatic carbocycles. The molecule has 3 nitrogen and oxygen atoms in total. The second-order valence-corrected chi connectivity index (χ2v) is 6.43. The zero-order chi connectivity index (χ0) is 17.1. The van der Waals surface area contributed by atoms with Crippen molar-refractivity contribution in [3.63, 3.8) is 0 Å². The van der Waals surface area contributed by atoms with Crippen molar-refractivity contribution in [2.75, 3.05) is 0 Å². The predicted octanol–water partition coefficient (Wildman–Crippen LogP) is 5.15. The van der Waals surface area contributed by atoms with Crippen LogP contribution in [0.4, 0.5) is 9.18 Å². The number of alkyl halides is 1. The molecule has 5 heteroatoms. The van der Waals surface area contributed by atoms with Crippen molar-refractivity contribution >= 4 is 17.7 Å². The largest absolute Gasteiger partial charge is 0.445 e. The zero-order valence-electron chi connectivity index (χ0n) is 13.4. The maximum Gasteiger partial charge on any atom is 0.410 e. The van der Waals surface area contributed by atoms with Gasteiger partial charge in [-0.15, -0.1) is 0 Å². The molecule has 126 valence electrons. The second kappa shape index (κ2) is 7.22. The van der Waals surface area contributed by atoms with Crippen molar-refractivity contribution in [3.05, 3.63) is 70.7 Å². The van der Waals surface area contributed by atoms with Gasteiger partial charge in [0.15, 0.2) is 0 Å². The summed E-state index contributed by atoms with van der Waals surface area (Å²) in [5, 5.41) is 0.627. The third kappa shape index (κ3) is 3.88. The van der Waals surface area contributed by atoms with Crippen molar-refractivity contribution in [3.8, 4) is 0 Å². The Hall–Kier alpha value is -2.07. The van der Waals surface area contributed by atoms with Crippen LogP contribution in [0.5, 0.6) is 0 Å². The van der Waals surface area contributed by atoms with Crippen molar-refractivity contribution in [1.29, 1.82) is 0 Å². The van der Waals surface area contributed by atoms with Crippen LogP contribution in [0.15, 0.2) is 54.6 Å². The molecule has 24 heavy (non-hydrogen) atoms. The van der Waals surface area contributed by atoms with Gasteiger partial charge in [-0.1, -0.05) is 54.1 Å². The van der Waals surface area contributed by atoms with Gasteiger partial charge in [-0.25, -0.2) is 9.18 Å². The van der Waals surface area contributed by atoms with E-state index in [0.29, 0.717) is 11.4 Å². The van der Waals surface area contributed by atoms with Gasteiger partial charge in [0, 0.05) is 11.4 Å². The van der Waals surface area contributed by atoms with E-state index in [-0.39, 0.29) is 12.6 Å². The molecule has 2 aromatic carbocycles. The molecule has 3 rings (SSSR count). The molecule has 0 heterocycles. The van der Waals surface area contributed by atoms with Crippen molar-refractivity contribution < 1.29 is 13.9 Å². The van der Waals surface area contributed by atoms with E-state index >= 15 is 0 Å². The smallest absolute Gasteiger partial charge is 0.410 e. The Kier molecular flexibility index (Phi) is 5.05. The van der Waals surface area contributed by atoms with Crippen LogP contribution in [0.1, 0.15) is 30.5 Å². The van der Waals surface area contributed by atoms with Gasteiger partial charge in [-0.2, -0.15) is 0 Å². The number of carbonyl (C=O) groups is 1. The lowest BCUT2D eigenvalue weighted by molar-refractivity contribution is 0.0761. The first kappa shape index (κ1) is 16.8. The fraction of sp³-hybridized carbons (Fsp3) is 0.316. The third-order valence-corrected chi connectivity index (χ3v) is 4.48. The summed E-state index contributed by atoms with van der Waals surface area (Å²) >= 11 is 5.84. The molecule has 2 unspecified atom stereocenters. The normalized spacial score (nSPS) is 20.3. The summed E-state index contributed by atoms with van der Waals surface area (Å²) in [6.07, 6.45) is -1.10. The van der Waals surface area contributed by atoms with Gasteiger partial charge in [0.25, 0.3) is 0 Å². The SMILES string of the molecule is C[C@@H](c1ccccc1)N(C(=O)OCc1ccc(Cl)cc1)C1CC1F. The van der Waals surface area contributed by atoms with Crippen molar-refractivity contribution in [2.45, 2.75) is 38.2 Å². The number of amides is 1. The number of benzene rings is 2. The van der Waals surface area contributed by atoms with Gasteiger partial charge >= 0.3 is 6.09 Å². The summed E-state index contributed by atoms with van der Waals surface area (Å²) in [5.41, 5.74) is 1.80. The number of rotatable bonds is 5. The molecule has 0 N–H and O–H groups in total. The highest BCUT2D eigenvalue weighted by Crippen LogP contribution is 2.37. The van der Waals surface area contributed by atoms with Crippen molar-refractivity contribution in [1.82, 2.24) is 4.90 Å².